The third kappa shape index (κ3) is 2.54. The molecule has 0 atom stereocenters. The van der Waals surface area contributed by atoms with Gasteiger partial charge in [-0.1, -0.05) is 19.1 Å². The van der Waals surface area contributed by atoms with Crippen molar-refractivity contribution in [2.24, 2.45) is 0 Å². The van der Waals surface area contributed by atoms with E-state index in [9.17, 15) is 4.79 Å². The average molecular weight is 258 g/mol. The molecule has 19 heavy (non-hydrogen) atoms. The first kappa shape index (κ1) is 13.0. The molecule has 5 nitrogen and oxygen atoms in total. The van der Waals surface area contributed by atoms with Gasteiger partial charge in [0.15, 0.2) is 5.82 Å². The summed E-state index contributed by atoms with van der Waals surface area (Å²) in [4.78, 5) is 19.5. The van der Waals surface area contributed by atoms with Crippen LogP contribution in [-0.2, 0) is 6.42 Å². The zero-order valence-electron chi connectivity index (χ0n) is 10.8. The van der Waals surface area contributed by atoms with E-state index in [-0.39, 0.29) is 5.56 Å². The number of hydrogen-bond acceptors (Lipinski definition) is 4. The van der Waals surface area contributed by atoms with Gasteiger partial charge in [-0.05, 0) is 18.6 Å². The van der Waals surface area contributed by atoms with Crippen LogP contribution >= 0.6 is 0 Å². The third-order valence-electron chi connectivity index (χ3n) is 2.78. The van der Waals surface area contributed by atoms with Gasteiger partial charge >= 0.3 is 5.97 Å². The monoisotopic (exact) mass is 258 g/mol. The highest BCUT2D eigenvalue weighted by atomic mass is 16.5. The van der Waals surface area contributed by atoms with Gasteiger partial charge in [-0.15, -0.1) is 0 Å². The molecule has 0 aliphatic rings. The predicted molar refractivity (Wildman–Crippen MR) is 70.4 cm³/mol. The maximum Gasteiger partial charge on any atom is 0.339 e. The maximum atomic E-state index is 11.0. The normalized spacial score (nSPS) is 10.2. The zero-order chi connectivity index (χ0) is 13.8. The Labute approximate surface area is 110 Å². The van der Waals surface area contributed by atoms with E-state index in [1.165, 1.54) is 6.20 Å². The number of aryl methyl sites for hydroxylation is 1. The SMILES string of the molecule is CCc1nc(-c2ccccc2OC)ncc1C(=O)O. The lowest BCUT2D eigenvalue weighted by Gasteiger charge is -2.09. The van der Waals surface area contributed by atoms with Gasteiger partial charge in [0, 0.05) is 6.20 Å². The van der Waals surface area contributed by atoms with Gasteiger partial charge in [-0.3, -0.25) is 0 Å². The van der Waals surface area contributed by atoms with E-state index >= 15 is 0 Å². The van der Waals surface area contributed by atoms with Crippen LogP contribution in [0.25, 0.3) is 11.4 Å². The minimum atomic E-state index is -1.01. The zero-order valence-corrected chi connectivity index (χ0v) is 10.8. The highest BCUT2D eigenvalue weighted by Crippen LogP contribution is 2.27. The molecule has 0 amide bonds. The number of aromatic carboxylic acids is 1. The largest absolute Gasteiger partial charge is 0.496 e. The molecule has 0 aliphatic heterocycles. The summed E-state index contributed by atoms with van der Waals surface area (Å²) in [6, 6.07) is 7.37. The number of benzene rings is 1. The quantitative estimate of drug-likeness (QED) is 0.911. The van der Waals surface area contributed by atoms with Gasteiger partial charge in [0.25, 0.3) is 0 Å². The van der Waals surface area contributed by atoms with Crippen molar-refractivity contribution in [1.82, 2.24) is 9.97 Å². The molecule has 1 aromatic heterocycles. The van der Waals surface area contributed by atoms with Crippen molar-refractivity contribution in [3.63, 3.8) is 0 Å². The Hall–Kier alpha value is -2.43. The first-order valence-electron chi connectivity index (χ1n) is 5.90. The highest BCUT2D eigenvalue weighted by Gasteiger charge is 2.14. The molecule has 0 radical (unpaired) electrons. The second-order valence-electron chi connectivity index (χ2n) is 3.91. The molecule has 0 spiro atoms. The number of nitrogens with zero attached hydrogens (tertiary/aromatic N) is 2. The number of carbonyl (C=O) groups is 1. The summed E-state index contributed by atoms with van der Waals surface area (Å²) < 4.78 is 5.25. The molecule has 2 aromatic rings. The molecular weight excluding hydrogens is 244 g/mol. The summed E-state index contributed by atoms with van der Waals surface area (Å²) in [6.45, 7) is 1.86. The lowest BCUT2D eigenvalue weighted by molar-refractivity contribution is 0.0694. The molecule has 0 fully saturated rings. The molecule has 98 valence electrons. The van der Waals surface area contributed by atoms with E-state index < -0.39 is 5.97 Å². The van der Waals surface area contributed by atoms with Crippen molar-refractivity contribution in [2.45, 2.75) is 13.3 Å². The standard InChI is InChI=1S/C14H14N2O3/c1-3-11-10(14(17)18)8-15-13(16-11)9-6-4-5-7-12(9)19-2/h4-8H,3H2,1-2H3,(H,17,18). The number of aromatic nitrogens is 2. The van der Waals surface area contributed by atoms with Gasteiger partial charge in [0.2, 0.25) is 0 Å². The summed E-state index contributed by atoms with van der Waals surface area (Å²) >= 11 is 0. The number of carboxylic acids is 1. The van der Waals surface area contributed by atoms with Crippen LogP contribution in [0.15, 0.2) is 30.5 Å². The van der Waals surface area contributed by atoms with Crippen LogP contribution < -0.4 is 4.74 Å². The fourth-order valence-corrected chi connectivity index (χ4v) is 1.82. The Balaban J connectivity index is 2.55. The van der Waals surface area contributed by atoms with Crippen molar-refractivity contribution in [3.8, 4) is 17.1 Å². The summed E-state index contributed by atoms with van der Waals surface area (Å²) in [6.07, 6.45) is 1.88. The maximum absolute atomic E-state index is 11.0. The molecule has 2 rings (SSSR count). The summed E-state index contributed by atoms with van der Waals surface area (Å²) in [5.74, 6) is 0.121. The fourth-order valence-electron chi connectivity index (χ4n) is 1.82. The number of carboxylic acid groups (broad SMARTS) is 1. The average Bonchev–Trinajstić information content (AvgIpc) is 2.46. The fraction of sp³-hybridized carbons (Fsp3) is 0.214. The second-order valence-corrected chi connectivity index (χ2v) is 3.91. The highest BCUT2D eigenvalue weighted by molar-refractivity contribution is 5.88. The lowest BCUT2D eigenvalue weighted by Crippen LogP contribution is -2.07. The van der Waals surface area contributed by atoms with Crippen molar-refractivity contribution in [1.29, 1.82) is 0 Å². The lowest BCUT2D eigenvalue weighted by atomic mass is 10.1. The van der Waals surface area contributed by atoms with Gasteiger partial charge in [-0.2, -0.15) is 0 Å². The van der Waals surface area contributed by atoms with Crippen molar-refractivity contribution >= 4 is 5.97 Å². The van der Waals surface area contributed by atoms with Crippen LogP contribution in [0.4, 0.5) is 0 Å². The third-order valence-corrected chi connectivity index (χ3v) is 2.78. The van der Waals surface area contributed by atoms with Crippen LogP contribution in [0.2, 0.25) is 0 Å². The van der Waals surface area contributed by atoms with Crippen LogP contribution in [0.3, 0.4) is 0 Å². The Bertz CT molecular complexity index is 611. The van der Waals surface area contributed by atoms with E-state index in [0.29, 0.717) is 23.7 Å². The molecule has 1 aromatic carbocycles. The molecule has 0 aliphatic carbocycles. The van der Waals surface area contributed by atoms with Crippen molar-refractivity contribution < 1.29 is 14.6 Å². The molecule has 0 saturated heterocycles. The Morgan fingerprint density at radius 2 is 2.11 bits per heavy atom. The number of para-hydroxylation sites is 1. The number of rotatable bonds is 4. The summed E-state index contributed by atoms with van der Waals surface area (Å²) in [7, 11) is 1.57. The van der Waals surface area contributed by atoms with Crippen LogP contribution in [-0.4, -0.2) is 28.2 Å². The number of hydrogen-bond donors (Lipinski definition) is 1. The van der Waals surface area contributed by atoms with E-state index in [4.69, 9.17) is 9.84 Å². The molecular formula is C14H14N2O3. The van der Waals surface area contributed by atoms with Gasteiger partial charge < -0.3 is 9.84 Å². The van der Waals surface area contributed by atoms with E-state index in [2.05, 4.69) is 9.97 Å². The Morgan fingerprint density at radius 3 is 2.74 bits per heavy atom. The second kappa shape index (κ2) is 5.48. The molecule has 1 N–H and O–H groups in total. The first-order chi connectivity index (χ1) is 9.17. The minimum Gasteiger partial charge on any atom is -0.496 e. The topological polar surface area (TPSA) is 72.3 Å². The molecule has 0 bridgehead atoms. The molecule has 5 heteroatoms. The van der Waals surface area contributed by atoms with Crippen LogP contribution in [0.5, 0.6) is 5.75 Å². The minimum absolute atomic E-state index is 0.140. The Kier molecular flexibility index (Phi) is 3.75. The Morgan fingerprint density at radius 1 is 1.37 bits per heavy atom. The predicted octanol–water partition coefficient (Wildman–Crippen LogP) is 2.41. The van der Waals surface area contributed by atoms with E-state index in [1.807, 2.05) is 31.2 Å². The van der Waals surface area contributed by atoms with E-state index in [0.717, 1.165) is 5.56 Å². The molecule has 0 saturated carbocycles. The van der Waals surface area contributed by atoms with E-state index in [1.54, 1.807) is 7.11 Å². The number of ether oxygens (including phenoxy) is 1. The van der Waals surface area contributed by atoms with Crippen molar-refractivity contribution in [3.05, 3.63) is 41.7 Å². The molecule has 1 heterocycles. The van der Waals surface area contributed by atoms with Crippen molar-refractivity contribution in [2.75, 3.05) is 7.11 Å². The smallest absolute Gasteiger partial charge is 0.339 e. The van der Waals surface area contributed by atoms with Gasteiger partial charge in [0.1, 0.15) is 5.75 Å². The first-order valence-corrected chi connectivity index (χ1v) is 5.90. The van der Waals surface area contributed by atoms with Gasteiger partial charge in [0.05, 0.1) is 23.9 Å². The molecule has 0 unspecified atom stereocenters. The van der Waals surface area contributed by atoms with Crippen LogP contribution in [0, 0.1) is 0 Å². The van der Waals surface area contributed by atoms with Gasteiger partial charge in [-0.25, -0.2) is 14.8 Å². The number of methoxy groups -OCH3 is 1. The van der Waals surface area contributed by atoms with Crippen LogP contribution in [0.1, 0.15) is 23.0 Å². The summed E-state index contributed by atoms with van der Waals surface area (Å²) in [5.41, 5.74) is 1.40. The summed E-state index contributed by atoms with van der Waals surface area (Å²) in [5, 5.41) is 9.05.